The summed E-state index contributed by atoms with van der Waals surface area (Å²) in [5, 5.41) is 23.9. The Labute approximate surface area is 124 Å². The molecule has 0 atom stereocenters. The molecule has 0 aliphatic heterocycles. The molecule has 0 radical (unpaired) electrons. The van der Waals surface area contributed by atoms with Gasteiger partial charge in [0.15, 0.2) is 11.5 Å². The molecule has 0 bridgehead atoms. The lowest BCUT2D eigenvalue weighted by atomic mass is 10.1. The van der Waals surface area contributed by atoms with E-state index in [0.717, 1.165) is 0 Å². The maximum atomic E-state index is 11.2. The van der Waals surface area contributed by atoms with Crippen LogP contribution in [0, 0.1) is 21.4 Å². The van der Waals surface area contributed by atoms with Gasteiger partial charge in [-0.2, -0.15) is 5.26 Å². The van der Waals surface area contributed by atoms with Gasteiger partial charge in [-0.05, 0) is 6.07 Å². The number of pyridine rings is 1. The van der Waals surface area contributed by atoms with Gasteiger partial charge < -0.3 is 0 Å². The molecule has 2 heterocycles. The van der Waals surface area contributed by atoms with Crippen molar-refractivity contribution < 1.29 is 4.92 Å². The van der Waals surface area contributed by atoms with E-state index in [2.05, 4.69) is 15.1 Å². The van der Waals surface area contributed by atoms with Crippen LogP contribution in [0.4, 0.5) is 5.69 Å². The van der Waals surface area contributed by atoms with Gasteiger partial charge in [-0.1, -0.05) is 30.3 Å². The van der Waals surface area contributed by atoms with Gasteiger partial charge in [-0.15, -0.1) is 5.10 Å². The average Bonchev–Trinajstić information content (AvgIpc) is 3.04. The molecule has 8 nitrogen and oxygen atoms in total. The highest BCUT2D eigenvalue weighted by atomic mass is 16.6. The van der Waals surface area contributed by atoms with Crippen molar-refractivity contribution >= 4 is 5.69 Å². The molecule has 0 N–H and O–H groups in total. The topological polar surface area (TPSA) is 111 Å². The van der Waals surface area contributed by atoms with E-state index in [-0.39, 0.29) is 17.2 Å². The number of benzene rings is 1. The molecule has 2 aromatic heterocycles. The number of rotatable bonds is 3. The van der Waals surface area contributed by atoms with Crippen LogP contribution in [-0.2, 0) is 0 Å². The zero-order valence-electron chi connectivity index (χ0n) is 11.1. The summed E-state index contributed by atoms with van der Waals surface area (Å²) < 4.78 is 1.30. The number of aromatic nitrogens is 4. The first-order valence-corrected chi connectivity index (χ1v) is 6.22. The van der Waals surface area contributed by atoms with Gasteiger partial charge in [0.25, 0.3) is 11.5 Å². The minimum absolute atomic E-state index is 0.00131. The van der Waals surface area contributed by atoms with Crippen molar-refractivity contribution in [3.8, 4) is 23.1 Å². The summed E-state index contributed by atoms with van der Waals surface area (Å²) in [6, 6.07) is 13.5. The molecule has 0 saturated carbocycles. The van der Waals surface area contributed by atoms with E-state index in [4.69, 9.17) is 5.26 Å². The van der Waals surface area contributed by atoms with E-state index in [9.17, 15) is 10.1 Å². The maximum Gasteiger partial charge on any atom is 0.295 e. The largest absolute Gasteiger partial charge is 0.295 e. The lowest BCUT2D eigenvalue weighted by Crippen LogP contribution is -2.02. The molecule has 1 aromatic carbocycles. The molecule has 106 valence electrons. The van der Waals surface area contributed by atoms with Crippen molar-refractivity contribution in [3.63, 3.8) is 0 Å². The molecule has 3 aromatic rings. The van der Waals surface area contributed by atoms with Crippen LogP contribution in [0.5, 0.6) is 0 Å². The first kappa shape index (κ1) is 13.4. The second kappa shape index (κ2) is 5.41. The Morgan fingerprint density at radius 1 is 1.18 bits per heavy atom. The summed E-state index contributed by atoms with van der Waals surface area (Å²) in [6.07, 6.45) is 1.33. The van der Waals surface area contributed by atoms with Gasteiger partial charge in [0, 0.05) is 11.6 Å². The SMILES string of the molecule is N#Cc1ncn(-c2ccc([N+](=O)[O-])c(-c3ccccc3)n2)n1. The molecule has 3 rings (SSSR count). The summed E-state index contributed by atoms with van der Waals surface area (Å²) in [6.45, 7) is 0. The third-order valence-electron chi connectivity index (χ3n) is 2.93. The van der Waals surface area contributed by atoms with Crippen LogP contribution in [0.2, 0.25) is 0 Å². The highest BCUT2D eigenvalue weighted by molar-refractivity contribution is 5.70. The molecule has 8 heteroatoms. The fourth-order valence-electron chi connectivity index (χ4n) is 1.95. The van der Waals surface area contributed by atoms with E-state index in [1.165, 1.54) is 23.1 Å². The van der Waals surface area contributed by atoms with Crippen LogP contribution < -0.4 is 0 Å². The van der Waals surface area contributed by atoms with Crippen LogP contribution in [0.3, 0.4) is 0 Å². The first-order valence-electron chi connectivity index (χ1n) is 6.22. The summed E-state index contributed by atoms with van der Waals surface area (Å²) in [5.41, 5.74) is 0.754. The van der Waals surface area contributed by atoms with E-state index >= 15 is 0 Å². The minimum Gasteiger partial charge on any atom is -0.258 e. The van der Waals surface area contributed by atoms with Crippen LogP contribution in [0.25, 0.3) is 17.1 Å². The number of nitriles is 1. The number of hydrogen-bond acceptors (Lipinski definition) is 6. The molecule has 0 saturated heterocycles. The van der Waals surface area contributed by atoms with E-state index < -0.39 is 4.92 Å². The average molecular weight is 292 g/mol. The molecule has 0 aliphatic carbocycles. The normalized spacial score (nSPS) is 10.1. The standard InChI is InChI=1S/C14H8N6O2/c15-8-12-16-9-19(18-12)13-7-6-11(20(21)22)14(17-13)10-4-2-1-3-5-10/h1-7,9H. The summed E-state index contributed by atoms with van der Waals surface area (Å²) in [7, 11) is 0. The van der Waals surface area contributed by atoms with Crippen LogP contribution in [-0.4, -0.2) is 24.7 Å². The predicted molar refractivity (Wildman–Crippen MR) is 76.0 cm³/mol. The second-order valence-corrected chi connectivity index (χ2v) is 4.28. The zero-order valence-corrected chi connectivity index (χ0v) is 11.1. The van der Waals surface area contributed by atoms with E-state index in [1.807, 2.05) is 12.1 Å². The quantitative estimate of drug-likeness (QED) is 0.540. The smallest absolute Gasteiger partial charge is 0.258 e. The lowest BCUT2D eigenvalue weighted by Gasteiger charge is -2.05. The van der Waals surface area contributed by atoms with Crippen molar-refractivity contribution in [1.29, 1.82) is 5.26 Å². The molecule has 0 amide bonds. The summed E-state index contributed by atoms with van der Waals surface area (Å²) in [4.78, 5) is 18.8. The Morgan fingerprint density at radius 2 is 1.95 bits per heavy atom. The van der Waals surface area contributed by atoms with Crippen LogP contribution in [0.1, 0.15) is 5.82 Å². The van der Waals surface area contributed by atoms with E-state index in [0.29, 0.717) is 11.4 Å². The van der Waals surface area contributed by atoms with Gasteiger partial charge in [-0.25, -0.2) is 14.6 Å². The molecule has 0 aliphatic rings. The van der Waals surface area contributed by atoms with Gasteiger partial charge in [0.2, 0.25) is 0 Å². The van der Waals surface area contributed by atoms with Gasteiger partial charge in [0.1, 0.15) is 12.4 Å². The van der Waals surface area contributed by atoms with Crippen LogP contribution >= 0.6 is 0 Å². The number of nitrogens with zero attached hydrogens (tertiary/aromatic N) is 6. The van der Waals surface area contributed by atoms with Crippen molar-refractivity contribution in [1.82, 2.24) is 19.7 Å². The lowest BCUT2D eigenvalue weighted by molar-refractivity contribution is -0.384. The van der Waals surface area contributed by atoms with Gasteiger partial charge >= 0.3 is 0 Å². The first-order chi connectivity index (χ1) is 10.7. The van der Waals surface area contributed by atoms with Crippen molar-refractivity contribution in [2.75, 3.05) is 0 Å². The van der Waals surface area contributed by atoms with Crippen molar-refractivity contribution in [3.05, 3.63) is 64.7 Å². The molecule has 0 spiro atoms. The summed E-state index contributed by atoms with van der Waals surface area (Å²) >= 11 is 0. The zero-order chi connectivity index (χ0) is 15.5. The number of hydrogen-bond donors (Lipinski definition) is 0. The fraction of sp³-hybridized carbons (Fsp3) is 0. The molecular formula is C14H8N6O2. The minimum atomic E-state index is -0.485. The Morgan fingerprint density at radius 3 is 2.59 bits per heavy atom. The molecular weight excluding hydrogens is 284 g/mol. The molecule has 0 fully saturated rings. The highest BCUT2D eigenvalue weighted by Gasteiger charge is 2.18. The number of nitro groups is 1. The molecule has 22 heavy (non-hydrogen) atoms. The summed E-state index contributed by atoms with van der Waals surface area (Å²) in [5.74, 6) is 0.347. The van der Waals surface area contributed by atoms with Crippen molar-refractivity contribution in [2.24, 2.45) is 0 Å². The predicted octanol–water partition coefficient (Wildman–Crippen LogP) is 2.11. The molecule has 0 unspecified atom stereocenters. The van der Waals surface area contributed by atoms with Crippen LogP contribution in [0.15, 0.2) is 48.8 Å². The van der Waals surface area contributed by atoms with E-state index in [1.54, 1.807) is 24.3 Å². The Balaban J connectivity index is 2.16. The van der Waals surface area contributed by atoms with Gasteiger partial charge in [-0.3, -0.25) is 10.1 Å². The highest BCUT2D eigenvalue weighted by Crippen LogP contribution is 2.28. The Hall–Kier alpha value is -3.60. The third kappa shape index (κ3) is 2.38. The second-order valence-electron chi connectivity index (χ2n) is 4.28. The monoisotopic (exact) mass is 292 g/mol. The maximum absolute atomic E-state index is 11.2. The van der Waals surface area contributed by atoms with Gasteiger partial charge in [0.05, 0.1) is 4.92 Å². The Kier molecular flexibility index (Phi) is 3.29. The van der Waals surface area contributed by atoms with Crippen molar-refractivity contribution in [2.45, 2.75) is 0 Å². The Bertz CT molecular complexity index is 882. The fourth-order valence-corrected chi connectivity index (χ4v) is 1.95. The third-order valence-corrected chi connectivity index (χ3v) is 2.93.